The molecule has 1 aliphatic rings. The summed E-state index contributed by atoms with van der Waals surface area (Å²) in [5.74, 6) is 0.276. The van der Waals surface area contributed by atoms with Crippen molar-refractivity contribution in [2.45, 2.75) is 45.3 Å². The van der Waals surface area contributed by atoms with Gasteiger partial charge >= 0.3 is 6.61 Å². The predicted molar refractivity (Wildman–Crippen MR) is 101 cm³/mol. The van der Waals surface area contributed by atoms with Crippen LogP contribution >= 0.6 is 0 Å². The van der Waals surface area contributed by atoms with Crippen LogP contribution in [0, 0.1) is 12.8 Å². The fourth-order valence-electron chi connectivity index (χ4n) is 3.76. The van der Waals surface area contributed by atoms with Crippen LogP contribution in [0.5, 0.6) is 5.75 Å². The number of nitrogens with zero attached hydrogens (tertiary/aromatic N) is 2. The molecule has 0 saturated heterocycles. The van der Waals surface area contributed by atoms with E-state index in [1.165, 1.54) is 6.07 Å². The third kappa shape index (κ3) is 4.64. The Balaban J connectivity index is 1.85. The highest BCUT2D eigenvalue weighted by atomic mass is 19.3. The number of hydrogen-bond acceptors (Lipinski definition) is 4. The quantitative estimate of drug-likeness (QED) is 0.848. The lowest BCUT2D eigenvalue weighted by Crippen LogP contribution is -2.36. The molecule has 27 heavy (non-hydrogen) atoms. The number of anilines is 1. The Kier molecular flexibility index (Phi) is 5.77. The van der Waals surface area contributed by atoms with E-state index < -0.39 is 6.61 Å². The van der Waals surface area contributed by atoms with Crippen molar-refractivity contribution in [1.82, 2.24) is 9.88 Å². The largest absolute Gasteiger partial charge is 0.435 e. The van der Waals surface area contributed by atoms with Crippen molar-refractivity contribution in [1.29, 1.82) is 0 Å². The zero-order chi connectivity index (χ0) is 19.6. The fraction of sp³-hybridized carbons (Fsp3) is 0.500. The van der Waals surface area contributed by atoms with Crippen LogP contribution in [0.15, 0.2) is 24.3 Å². The molecule has 1 aromatic heterocycles. The minimum atomic E-state index is -2.87. The Bertz CT molecular complexity index is 826. The van der Waals surface area contributed by atoms with E-state index >= 15 is 0 Å². The smallest absolute Gasteiger partial charge is 0.387 e. The van der Waals surface area contributed by atoms with Crippen molar-refractivity contribution in [2.75, 3.05) is 19.4 Å². The number of benzene rings is 1. The van der Waals surface area contributed by atoms with E-state index in [1.54, 1.807) is 31.1 Å². The standard InChI is InChI=1S/C20H25F2N3O2/c1-12-9-18(16-11-15(27-20(21)22)7-8-17(16)23-12)24-14-6-4-5-13(10-14)19(26)25(2)3/h7-9,11,13-14,20H,4-6,10H2,1-3H3,(H,23,24). The van der Waals surface area contributed by atoms with Crippen LogP contribution in [0.2, 0.25) is 0 Å². The molecule has 2 unspecified atom stereocenters. The molecule has 1 aliphatic carbocycles. The zero-order valence-corrected chi connectivity index (χ0v) is 15.8. The minimum absolute atomic E-state index is 0.0122. The lowest BCUT2D eigenvalue weighted by atomic mass is 9.84. The van der Waals surface area contributed by atoms with Crippen molar-refractivity contribution >= 4 is 22.5 Å². The predicted octanol–water partition coefficient (Wildman–Crippen LogP) is 4.20. The summed E-state index contributed by atoms with van der Waals surface area (Å²) in [6.45, 7) is -0.971. The number of carbonyl (C=O) groups is 1. The maximum absolute atomic E-state index is 12.6. The van der Waals surface area contributed by atoms with Gasteiger partial charge in [0.2, 0.25) is 5.91 Å². The molecule has 1 saturated carbocycles. The summed E-state index contributed by atoms with van der Waals surface area (Å²) in [4.78, 5) is 18.4. The van der Waals surface area contributed by atoms with Crippen LogP contribution in [0.3, 0.4) is 0 Å². The number of pyridine rings is 1. The van der Waals surface area contributed by atoms with Gasteiger partial charge in [0.05, 0.1) is 5.52 Å². The summed E-state index contributed by atoms with van der Waals surface area (Å²) in [5.41, 5.74) is 2.39. The Morgan fingerprint density at radius 2 is 2.07 bits per heavy atom. The van der Waals surface area contributed by atoms with Gasteiger partial charge in [-0.3, -0.25) is 9.78 Å². The molecule has 7 heteroatoms. The molecule has 3 rings (SSSR count). The molecule has 1 fully saturated rings. The van der Waals surface area contributed by atoms with Gasteiger partial charge in [0, 0.05) is 42.8 Å². The monoisotopic (exact) mass is 377 g/mol. The molecule has 146 valence electrons. The maximum atomic E-state index is 12.6. The lowest BCUT2D eigenvalue weighted by Gasteiger charge is -2.31. The van der Waals surface area contributed by atoms with E-state index in [9.17, 15) is 13.6 Å². The molecule has 2 aromatic rings. The zero-order valence-electron chi connectivity index (χ0n) is 15.8. The second-order valence-corrected chi connectivity index (χ2v) is 7.31. The van der Waals surface area contributed by atoms with Gasteiger partial charge in [-0.2, -0.15) is 8.78 Å². The number of carbonyl (C=O) groups excluding carboxylic acids is 1. The number of ether oxygens (including phenoxy) is 1. The van der Waals surface area contributed by atoms with Gasteiger partial charge in [-0.25, -0.2) is 0 Å². The molecule has 1 amide bonds. The van der Waals surface area contributed by atoms with Gasteiger partial charge in [0.15, 0.2) is 0 Å². The Labute approximate surface area is 157 Å². The van der Waals surface area contributed by atoms with E-state index in [2.05, 4.69) is 15.0 Å². The highest BCUT2D eigenvalue weighted by molar-refractivity contribution is 5.92. The second-order valence-electron chi connectivity index (χ2n) is 7.31. The number of rotatable bonds is 5. The van der Waals surface area contributed by atoms with Gasteiger partial charge in [-0.1, -0.05) is 6.42 Å². The van der Waals surface area contributed by atoms with Gasteiger partial charge < -0.3 is 15.0 Å². The Morgan fingerprint density at radius 3 is 2.78 bits per heavy atom. The summed E-state index contributed by atoms with van der Waals surface area (Å²) < 4.78 is 29.6. The van der Waals surface area contributed by atoms with E-state index in [0.29, 0.717) is 0 Å². The van der Waals surface area contributed by atoms with Gasteiger partial charge in [0.25, 0.3) is 0 Å². The van der Waals surface area contributed by atoms with Crippen LogP contribution < -0.4 is 10.1 Å². The average Bonchev–Trinajstić information content (AvgIpc) is 2.61. The molecular formula is C20H25F2N3O2. The molecular weight excluding hydrogens is 352 g/mol. The van der Waals surface area contributed by atoms with E-state index in [4.69, 9.17) is 0 Å². The molecule has 0 aliphatic heterocycles. The van der Waals surface area contributed by atoms with Crippen LogP contribution in [0.4, 0.5) is 14.5 Å². The molecule has 5 nitrogen and oxygen atoms in total. The molecule has 0 radical (unpaired) electrons. The molecule has 1 N–H and O–H groups in total. The highest BCUT2D eigenvalue weighted by Crippen LogP contribution is 2.32. The number of nitrogens with one attached hydrogen (secondary N) is 1. The first kappa shape index (κ1) is 19.3. The van der Waals surface area contributed by atoms with Gasteiger partial charge in [0.1, 0.15) is 5.75 Å². The minimum Gasteiger partial charge on any atom is -0.435 e. The highest BCUT2D eigenvalue weighted by Gasteiger charge is 2.28. The second kappa shape index (κ2) is 8.06. The normalized spacial score (nSPS) is 19.9. The van der Waals surface area contributed by atoms with Gasteiger partial charge in [-0.05, 0) is 50.5 Å². The number of amides is 1. The van der Waals surface area contributed by atoms with Crippen LogP contribution in [0.25, 0.3) is 10.9 Å². The first-order chi connectivity index (χ1) is 12.8. The number of alkyl halides is 2. The van der Waals surface area contributed by atoms with E-state index in [-0.39, 0.29) is 23.6 Å². The van der Waals surface area contributed by atoms with Crippen molar-refractivity contribution in [3.63, 3.8) is 0 Å². The third-order valence-electron chi connectivity index (χ3n) is 4.96. The summed E-state index contributed by atoms with van der Waals surface area (Å²) in [6.07, 6.45) is 3.60. The van der Waals surface area contributed by atoms with Crippen molar-refractivity contribution < 1.29 is 18.3 Å². The lowest BCUT2D eigenvalue weighted by molar-refractivity contribution is -0.134. The summed E-state index contributed by atoms with van der Waals surface area (Å²) in [7, 11) is 3.56. The molecule has 0 spiro atoms. The molecule has 1 heterocycles. The van der Waals surface area contributed by atoms with Crippen LogP contribution in [-0.4, -0.2) is 42.5 Å². The Hall–Kier alpha value is -2.44. The number of halogens is 2. The van der Waals surface area contributed by atoms with Crippen molar-refractivity contribution in [2.24, 2.45) is 5.92 Å². The SMILES string of the molecule is Cc1cc(NC2CCCC(C(=O)N(C)C)C2)c2cc(OC(F)F)ccc2n1. The summed E-state index contributed by atoms with van der Waals surface area (Å²) >= 11 is 0. The van der Waals surface area contributed by atoms with E-state index in [1.807, 2.05) is 13.0 Å². The molecule has 1 aromatic carbocycles. The number of fused-ring (bicyclic) bond motifs is 1. The first-order valence-corrected chi connectivity index (χ1v) is 9.17. The average molecular weight is 377 g/mol. The first-order valence-electron chi connectivity index (χ1n) is 9.17. The Morgan fingerprint density at radius 1 is 1.30 bits per heavy atom. The van der Waals surface area contributed by atoms with E-state index in [0.717, 1.165) is 48.0 Å². The summed E-state index contributed by atoms with van der Waals surface area (Å²) in [6, 6.07) is 6.83. The topological polar surface area (TPSA) is 54.5 Å². The molecule has 2 atom stereocenters. The molecule has 0 bridgehead atoms. The van der Waals surface area contributed by atoms with Crippen LogP contribution in [-0.2, 0) is 4.79 Å². The van der Waals surface area contributed by atoms with Crippen LogP contribution in [0.1, 0.15) is 31.4 Å². The summed E-state index contributed by atoms with van der Waals surface area (Å²) in [5, 5.41) is 4.25. The fourth-order valence-corrected chi connectivity index (χ4v) is 3.76. The number of aryl methyl sites for hydroxylation is 1. The maximum Gasteiger partial charge on any atom is 0.387 e. The van der Waals surface area contributed by atoms with Crippen molar-refractivity contribution in [3.05, 3.63) is 30.0 Å². The van der Waals surface area contributed by atoms with Crippen molar-refractivity contribution in [3.8, 4) is 5.75 Å². The number of hydrogen-bond donors (Lipinski definition) is 1. The number of aromatic nitrogens is 1. The third-order valence-corrected chi connectivity index (χ3v) is 4.96. The van der Waals surface area contributed by atoms with Gasteiger partial charge in [-0.15, -0.1) is 0 Å².